The molecular weight excluding hydrogens is 260 g/mol. The molecule has 1 aliphatic rings. The van der Waals surface area contributed by atoms with Crippen LogP contribution in [0, 0.1) is 18.7 Å². The van der Waals surface area contributed by atoms with E-state index in [1.165, 1.54) is 5.56 Å². The number of hydrogen-bond donors (Lipinski definition) is 1. The summed E-state index contributed by atoms with van der Waals surface area (Å²) in [5, 5.41) is 3.39. The summed E-state index contributed by atoms with van der Waals surface area (Å²) < 4.78 is 13.0. The Morgan fingerprint density at radius 1 is 1.29 bits per heavy atom. The molecule has 4 heteroatoms. The van der Waals surface area contributed by atoms with E-state index in [1.54, 1.807) is 12.1 Å². The summed E-state index contributed by atoms with van der Waals surface area (Å²) in [5.41, 5.74) is 2.42. The maximum Gasteiger partial charge on any atom is 0.123 e. The Morgan fingerprint density at radius 3 is 2.59 bits per heavy atom. The van der Waals surface area contributed by atoms with Crippen LogP contribution in [0.2, 0.25) is 0 Å². The molecule has 17 heavy (non-hydrogen) atoms. The van der Waals surface area contributed by atoms with E-state index < -0.39 is 0 Å². The van der Waals surface area contributed by atoms with Crippen molar-refractivity contribution in [1.82, 2.24) is 5.32 Å². The second kappa shape index (κ2) is 7.20. The molecule has 0 radical (unpaired) electrons. The van der Waals surface area contributed by atoms with Crippen molar-refractivity contribution in [2.45, 2.75) is 26.2 Å². The Labute approximate surface area is 115 Å². The van der Waals surface area contributed by atoms with E-state index in [9.17, 15) is 4.39 Å². The quantitative estimate of drug-likeness (QED) is 0.827. The molecule has 0 amide bonds. The summed E-state index contributed by atoms with van der Waals surface area (Å²) in [4.78, 5) is 0. The summed E-state index contributed by atoms with van der Waals surface area (Å²) in [6.45, 7) is 6.42. The third kappa shape index (κ3) is 3.84. The van der Waals surface area contributed by atoms with Crippen LogP contribution in [0.15, 0.2) is 18.2 Å². The topological polar surface area (TPSA) is 12.0 Å². The highest BCUT2D eigenvalue weighted by Gasteiger charge is 2.23. The van der Waals surface area contributed by atoms with Crippen LogP contribution in [0.5, 0.6) is 0 Å². The summed E-state index contributed by atoms with van der Waals surface area (Å²) >= 11 is 0. The average molecular weight is 280 g/mol. The molecule has 0 unspecified atom stereocenters. The minimum absolute atomic E-state index is 0. The minimum atomic E-state index is -0.127. The normalized spacial score (nSPS) is 23.5. The zero-order valence-corrected chi connectivity index (χ0v) is 11.8. The second-order valence-electron chi connectivity index (χ2n) is 4.58. The van der Waals surface area contributed by atoms with E-state index in [-0.39, 0.29) is 30.6 Å². The van der Waals surface area contributed by atoms with Gasteiger partial charge in [0.2, 0.25) is 0 Å². The molecule has 1 aromatic rings. The van der Waals surface area contributed by atoms with Crippen molar-refractivity contribution >= 4 is 24.8 Å². The van der Waals surface area contributed by atoms with Crippen molar-refractivity contribution in [1.29, 1.82) is 0 Å². The van der Waals surface area contributed by atoms with Crippen LogP contribution in [-0.2, 0) is 0 Å². The van der Waals surface area contributed by atoms with Gasteiger partial charge in [0, 0.05) is 0 Å². The number of aryl methyl sites for hydroxylation is 1. The largest absolute Gasteiger partial charge is 0.316 e. The molecule has 1 heterocycles. The molecular formula is C13H20Cl2FN. The van der Waals surface area contributed by atoms with Crippen LogP contribution in [0.25, 0.3) is 0 Å². The fourth-order valence-electron chi connectivity index (χ4n) is 2.53. The molecule has 0 bridgehead atoms. The van der Waals surface area contributed by atoms with Crippen molar-refractivity contribution < 1.29 is 4.39 Å². The molecule has 1 fully saturated rings. The van der Waals surface area contributed by atoms with Gasteiger partial charge in [-0.2, -0.15) is 0 Å². The first-order valence-corrected chi connectivity index (χ1v) is 5.65. The second-order valence-corrected chi connectivity index (χ2v) is 4.58. The minimum Gasteiger partial charge on any atom is -0.316 e. The molecule has 1 aromatic carbocycles. The molecule has 1 aliphatic heterocycles. The lowest BCUT2D eigenvalue weighted by Gasteiger charge is -2.30. The Morgan fingerprint density at radius 2 is 2.00 bits per heavy atom. The van der Waals surface area contributed by atoms with E-state index in [0.29, 0.717) is 11.8 Å². The molecule has 1 nitrogen and oxygen atoms in total. The fourth-order valence-corrected chi connectivity index (χ4v) is 2.53. The number of nitrogens with one attached hydrogen (secondary N) is 1. The number of benzene rings is 1. The van der Waals surface area contributed by atoms with E-state index in [1.807, 2.05) is 13.0 Å². The summed E-state index contributed by atoms with van der Waals surface area (Å²) in [6, 6.07) is 5.18. The zero-order chi connectivity index (χ0) is 10.8. The monoisotopic (exact) mass is 279 g/mol. The highest BCUT2D eigenvalue weighted by Crippen LogP contribution is 2.32. The highest BCUT2D eigenvalue weighted by atomic mass is 35.5. The first-order chi connectivity index (χ1) is 7.18. The van der Waals surface area contributed by atoms with Gasteiger partial charge in [-0.3, -0.25) is 0 Å². The van der Waals surface area contributed by atoms with Crippen LogP contribution in [0.4, 0.5) is 4.39 Å². The van der Waals surface area contributed by atoms with Crippen LogP contribution in [0.1, 0.15) is 30.4 Å². The van der Waals surface area contributed by atoms with Gasteiger partial charge in [0.1, 0.15) is 5.82 Å². The van der Waals surface area contributed by atoms with Gasteiger partial charge in [0.25, 0.3) is 0 Å². The van der Waals surface area contributed by atoms with Gasteiger partial charge in [0.15, 0.2) is 0 Å². The Balaban J connectivity index is 0.00000128. The average Bonchev–Trinajstić information content (AvgIpc) is 2.20. The molecule has 0 saturated carbocycles. The van der Waals surface area contributed by atoms with Gasteiger partial charge >= 0.3 is 0 Å². The van der Waals surface area contributed by atoms with Gasteiger partial charge < -0.3 is 5.32 Å². The van der Waals surface area contributed by atoms with E-state index in [4.69, 9.17) is 0 Å². The van der Waals surface area contributed by atoms with Gasteiger partial charge in [-0.15, -0.1) is 24.8 Å². The van der Waals surface area contributed by atoms with Crippen LogP contribution in [0.3, 0.4) is 0 Å². The summed E-state index contributed by atoms with van der Waals surface area (Å²) in [7, 11) is 0. The van der Waals surface area contributed by atoms with Crippen molar-refractivity contribution in [3.05, 3.63) is 35.1 Å². The SMILES string of the molecule is Cc1cc(F)ccc1[C@H]1CCNC[C@H]1C.Cl.Cl. The first-order valence-electron chi connectivity index (χ1n) is 5.65. The number of piperidine rings is 1. The van der Waals surface area contributed by atoms with E-state index >= 15 is 0 Å². The van der Waals surface area contributed by atoms with Crippen molar-refractivity contribution in [3.63, 3.8) is 0 Å². The van der Waals surface area contributed by atoms with Crippen LogP contribution in [-0.4, -0.2) is 13.1 Å². The lowest BCUT2D eigenvalue weighted by Crippen LogP contribution is -2.34. The Kier molecular flexibility index (Phi) is 7.07. The molecule has 2 rings (SSSR count). The molecule has 0 aliphatic carbocycles. The van der Waals surface area contributed by atoms with Crippen molar-refractivity contribution in [3.8, 4) is 0 Å². The molecule has 0 spiro atoms. The zero-order valence-electron chi connectivity index (χ0n) is 10.2. The molecule has 1 saturated heterocycles. The maximum absolute atomic E-state index is 13.0. The van der Waals surface area contributed by atoms with Gasteiger partial charge in [-0.25, -0.2) is 4.39 Å². The third-order valence-electron chi connectivity index (χ3n) is 3.42. The standard InChI is InChI=1S/C13H18FN.2ClH/c1-9-7-11(14)3-4-12(9)13-5-6-15-8-10(13)2;;/h3-4,7,10,13,15H,5-6,8H2,1-2H3;2*1H/t10-,13+;;/m1../s1. The lowest BCUT2D eigenvalue weighted by molar-refractivity contribution is 0.348. The first kappa shape index (κ1) is 16.7. The van der Waals surface area contributed by atoms with Gasteiger partial charge in [-0.05, 0) is 61.5 Å². The van der Waals surface area contributed by atoms with E-state index in [2.05, 4.69) is 12.2 Å². The van der Waals surface area contributed by atoms with Crippen LogP contribution >= 0.6 is 24.8 Å². The number of hydrogen-bond acceptors (Lipinski definition) is 1. The molecule has 2 atom stereocenters. The third-order valence-corrected chi connectivity index (χ3v) is 3.42. The predicted molar refractivity (Wildman–Crippen MR) is 75.0 cm³/mol. The Bertz CT molecular complexity index is 357. The summed E-state index contributed by atoms with van der Waals surface area (Å²) in [6.07, 6.45) is 1.16. The fraction of sp³-hybridized carbons (Fsp3) is 0.538. The lowest BCUT2D eigenvalue weighted by atomic mass is 9.80. The maximum atomic E-state index is 13.0. The number of rotatable bonds is 1. The molecule has 98 valence electrons. The Hall–Kier alpha value is -0.310. The van der Waals surface area contributed by atoms with E-state index in [0.717, 1.165) is 25.1 Å². The van der Waals surface area contributed by atoms with Gasteiger partial charge in [-0.1, -0.05) is 13.0 Å². The predicted octanol–water partition coefficient (Wildman–Crippen LogP) is 3.69. The highest BCUT2D eigenvalue weighted by molar-refractivity contribution is 5.85. The van der Waals surface area contributed by atoms with Crippen molar-refractivity contribution in [2.75, 3.05) is 13.1 Å². The van der Waals surface area contributed by atoms with Crippen LogP contribution < -0.4 is 5.32 Å². The molecule has 1 N–H and O–H groups in total. The number of halogens is 3. The summed E-state index contributed by atoms with van der Waals surface area (Å²) in [5.74, 6) is 1.10. The van der Waals surface area contributed by atoms with Gasteiger partial charge in [0.05, 0.1) is 0 Å². The smallest absolute Gasteiger partial charge is 0.123 e. The molecule has 0 aromatic heterocycles. The van der Waals surface area contributed by atoms with Crippen molar-refractivity contribution in [2.24, 2.45) is 5.92 Å².